The van der Waals surface area contributed by atoms with E-state index in [0.29, 0.717) is 22.9 Å². The summed E-state index contributed by atoms with van der Waals surface area (Å²) in [5, 5.41) is 0. The Balaban J connectivity index is 1.67. The average Bonchev–Trinajstić information content (AvgIpc) is 2.98. The molecular formula is C19H18N2O4S. The molecule has 1 atom stereocenters. The van der Waals surface area contributed by atoms with Gasteiger partial charge in [0.1, 0.15) is 17.9 Å². The second-order valence-corrected chi connectivity index (χ2v) is 6.80. The summed E-state index contributed by atoms with van der Waals surface area (Å²) in [6.07, 6.45) is -0.749. The van der Waals surface area contributed by atoms with E-state index < -0.39 is 6.10 Å². The quantitative estimate of drug-likeness (QED) is 0.711. The highest BCUT2D eigenvalue weighted by molar-refractivity contribution is 7.16. The molecule has 1 unspecified atom stereocenters. The maximum Gasteiger partial charge on any atom is 0.292 e. The number of amides is 1. The van der Waals surface area contributed by atoms with Crippen molar-refractivity contribution in [3.8, 4) is 17.2 Å². The summed E-state index contributed by atoms with van der Waals surface area (Å²) in [6.45, 7) is 2.67. The minimum atomic E-state index is -0.749. The molecule has 0 aliphatic carbocycles. The number of ether oxygens (including phenoxy) is 3. The van der Waals surface area contributed by atoms with E-state index in [1.165, 1.54) is 11.3 Å². The highest BCUT2D eigenvalue weighted by Gasteiger charge is 2.27. The van der Waals surface area contributed by atoms with Crippen LogP contribution in [0.1, 0.15) is 6.92 Å². The number of hydrogen-bond donors (Lipinski definition) is 0. The summed E-state index contributed by atoms with van der Waals surface area (Å²) in [5.74, 6) is 1.63. The topological polar surface area (TPSA) is 62.1 Å². The third-order valence-electron chi connectivity index (χ3n) is 4.08. The molecule has 6 nitrogen and oxygen atoms in total. The van der Waals surface area contributed by atoms with Crippen molar-refractivity contribution in [2.75, 3.05) is 13.2 Å². The summed E-state index contributed by atoms with van der Waals surface area (Å²) in [6, 6.07) is 13.1. The Kier molecular flexibility index (Phi) is 4.38. The molecule has 0 fully saturated rings. The van der Waals surface area contributed by atoms with Crippen LogP contribution in [0.3, 0.4) is 0 Å². The Labute approximate surface area is 154 Å². The van der Waals surface area contributed by atoms with Crippen molar-refractivity contribution in [3.05, 3.63) is 47.3 Å². The Morgan fingerprint density at radius 1 is 1.27 bits per heavy atom. The second kappa shape index (κ2) is 6.84. The van der Waals surface area contributed by atoms with E-state index >= 15 is 0 Å². The van der Waals surface area contributed by atoms with Crippen molar-refractivity contribution in [2.45, 2.75) is 13.0 Å². The zero-order valence-electron chi connectivity index (χ0n) is 14.5. The van der Waals surface area contributed by atoms with Crippen molar-refractivity contribution in [3.63, 3.8) is 0 Å². The number of thiazole rings is 1. The number of hydrogen-bond acceptors (Lipinski definition) is 5. The second-order valence-electron chi connectivity index (χ2n) is 5.79. The minimum Gasteiger partial charge on any atom is -0.492 e. The molecule has 26 heavy (non-hydrogen) atoms. The van der Waals surface area contributed by atoms with Crippen LogP contribution in [-0.2, 0) is 11.8 Å². The van der Waals surface area contributed by atoms with Crippen LogP contribution in [0.25, 0.3) is 10.2 Å². The van der Waals surface area contributed by atoms with E-state index in [0.717, 1.165) is 16.0 Å². The molecule has 0 radical (unpaired) electrons. The molecule has 1 aromatic heterocycles. The van der Waals surface area contributed by atoms with Crippen molar-refractivity contribution in [2.24, 2.45) is 12.0 Å². The van der Waals surface area contributed by atoms with Crippen LogP contribution in [0.4, 0.5) is 0 Å². The Bertz CT molecular complexity index is 1040. The van der Waals surface area contributed by atoms with Gasteiger partial charge in [0.2, 0.25) is 6.10 Å². The van der Waals surface area contributed by atoms with Crippen LogP contribution < -0.4 is 19.0 Å². The molecular weight excluding hydrogens is 352 g/mol. The van der Waals surface area contributed by atoms with Gasteiger partial charge in [-0.05, 0) is 31.2 Å². The van der Waals surface area contributed by atoms with Crippen molar-refractivity contribution < 1.29 is 19.0 Å². The molecule has 4 rings (SSSR count). The van der Waals surface area contributed by atoms with Crippen molar-refractivity contribution in [1.29, 1.82) is 0 Å². The predicted octanol–water partition coefficient (Wildman–Crippen LogP) is 2.91. The van der Waals surface area contributed by atoms with Crippen molar-refractivity contribution >= 4 is 27.5 Å². The number of nitrogens with zero attached hydrogens (tertiary/aromatic N) is 2. The summed E-state index contributed by atoms with van der Waals surface area (Å²) < 4.78 is 19.9. The van der Waals surface area contributed by atoms with Gasteiger partial charge in [0.15, 0.2) is 16.3 Å². The maximum absolute atomic E-state index is 12.6. The zero-order chi connectivity index (χ0) is 18.1. The lowest BCUT2D eigenvalue weighted by Gasteiger charge is -2.23. The molecule has 0 spiro atoms. The third-order valence-corrected chi connectivity index (χ3v) is 5.17. The standard InChI is InChI=1S/C19H18N2O4S/c1-3-23-14-9-6-10-16-17(14)21(2)19(26-16)20-18(22)15-11-24-12-7-4-5-8-13(12)25-15/h4-10,15H,3,11H2,1-2H3. The Hall–Kier alpha value is -2.80. The van der Waals surface area contributed by atoms with Gasteiger partial charge in [-0.3, -0.25) is 4.79 Å². The number of carbonyl (C=O) groups is 1. The lowest BCUT2D eigenvalue weighted by Crippen LogP contribution is -2.36. The van der Waals surface area contributed by atoms with Gasteiger partial charge >= 0.3 is 0 Å². The van der Waals surface area contributed by atoms with Crippen LogP contribution in [0.5, 0.6) is 17.2 Å². The Morgan fingerprint density at radius 3 is 2.88 bits per heavy atom. The van der Waals surface area contributed by atoms with Crippen LogP contribution in [0.2, 0.25) is 0 Å². The number of benzene rings is 2. The van der Waals surface area contributed by atoms with Crippen LogP contribution >= 0.6 is 11.3 Å². The van der Waals surface area contributed by atoms with E-state index in [1.807, 2.05) is 54.9 Å². The fourth-order valence-electron chi connectivity index (χ4n) is 2.85. The van der Waals surface area contributed by atoms with Crippen LogP contribution in [0.15, 0.2) is 47.5 Å². The van der Waals surface area contributed by atoms with E-state index in [2.05, 4.69) is 4.99 Å². The summed E-state index contributed by atoms with van der Waals surface area (Å²) in [7, 11) is 1.88. The lowest BCUT2D eigenvalue weighted by atomic mass is 10.2. The number of aromatic nitrogens is 1. The molecule has 0 saturated heterocycles. The molecule has 1 aliphatic rings. The number of fused-ring (bicyclic) bond motifs is 2. The van der Waals surface area contributed by atoms with Crippen LogP contribution in [0, 0.1) is 0 Å². The smallest absolute Gasteiger partial charge is 0.292 e. The molecule has 2 heterocycles. The van der Waals surface area contributed by atoms with Crippen molar-refractivity contribution in [1.82, 2.24) is 4.57 Å². The molecule has 0 bridgehead atoms. The lowest BCUT2D eigenvalue weighted by molar-refractivity contribution is -0.127. The molecule has 3 aromatic rings. The first-order valence-corrected chi connectivity index (χ1v) is 9.17. The van der Waals surface area contributed by atoms with Gasteiger partial charge in [0.05, 0.1) is 11.3 Å². The molecule has 0 N–H and O–H groups in total. The van der Waals surface area contributed by atoms with E-state index in [1.54, 1.807) is 6.07 Å². The number of aryl methyl sites for hydroxylation is 1. The molecule has 2 aromatic carbocycles. The predicted molar refractivity (Wildman–Crippen MR) is 98.9 cm³/mol. The van der Waals surface area contributed by atoms with Gasteiger partial charge in [0, 0.05) is 7.05 Å². The normalized spacial score (nSPS) is 16.7. The molecule has 7 heteroatoms. The number of para-hydroxylation sites is 3. The largest absolute Gasteiger partial charge is 0.492 e. The van der Waals surface area contributed by atoms with E-state index in [-0.39, 0.29) is 12.5 Å². The third kappa shape index (κ3) is 2.94. The van der Waals surface area contributed by atoms with Gasteiger partial charge in [-0.25, -0.2) is 0 Å². The van der Waals surface area contributed by atoms with Gasteiger partial charge in [0.25, 0.3) is 5.91 Å². The SMILES string of the molecule is CCOc1cccc2sc(=NC(=O)C3COc4ccccc4O3)n(C)c12. The van der Waals surface area contributed by atoms with Gasteiger partial charge in [-0.2, -0.15) is 4.99 Å². The first-order chi connectivity index (χ1) is 12.7. The monoisotopic (exact) mass is 370 g/mol. The van der Waals surface area contributed by atoms with E-state index in [9.17, 15) is 4.79 Å². The average molecular weight is 370 g/mol. The first-order valence-electron chi connectivity index (χ1n) is 8.35. The fraction of sp³-hybridized carbons (Fsp3) is 0.263. The summed E-state index contributed by atoms with van der Waals surface area (Å²) >= 11 is 1.44. The molecule has 1 amide bonds. The summed E-state index contributed by atoms with van der Waals surface area (Å²) in [5.41, 5.74) is 0.928. The fourth-order valence-corrected chi connectivity index (χ4v) is 3.90. The molecule has 134 valence electrons. The van der Waals surface area contributed by atoms with Crippen LogP contribution in [-0.4, -0.2) is 29.8 Å². The number of carbonyl (C=O) groups excluding carboxylic acids is 1. The molecule has 1 aliphatic heterocycles. The van der Waals surface area contributed by atoms with Gasteiger partial charge in [-0.15, -0.1) is 0 Å². The molecule has 0 saturated carbocycles. The highest BCUT2D eigenvalue weighted by atomic mass is 32.1. The maximum atomic E-state index is 12.6. The minimum absolute atomic E-state index is 0.151. The Morgan fingerprint density at radius 2 is 2.08 bits per heavy atom. The first kappa shape index (κ1) is 16.7. The zero-order valence-corrected chi connectivity index (χ0v) is 15.3. The number of rotatable bonds is 3. The van der Waals surface area contributed by atoms with Gasteiger partial charge in [-0.1, -0.05) is 29.5 Å². The van der Waals surface area contributed by atoms with Gasteiger partial charge < -0.3 is 18.8 Å². The highest BCUT2D eigenvalue weighted by Crippen LogP contribution is 2.31. The summed E-state index contributed by atoms with van der Waals surface area (Å²) in [4.78, 5) is 17.5. The van der Waals surface area contributed by atoms with E-state index in [4.69, 9.17) is 14.2 Å².